The van der Waals surface area contributed by atoms with Crippen LogP contribution < -0.4 is 0 Å². The SMILES string of the molecule is CC(O)c1ncc(Cc2ccc(C(C)c3ccc(CC4CCC4)cn3)cc2)cn1. The molecule has 4 nitrogen and oxygen atoms in total. The second kappa shape index (κ2) is 8.83. The zero-order chi connectivity index (χ0) is 20.2. The fourth-order valence-electron chi connectivity index (χ4n) is 3.85. The van der Waals surface area contributed by atoms with Crippen LogP contribution in [0, 0.1) is 5.92 Å². The normalized spacial score (nSPS) is 16.2. The lowest BCUT2D eigenvalue weighted by Crippen LogP contribution is -2.13. The zero-order valence-electron chi connectivity index (χ0n) is 17.3. The van der Waals surface area contributed by atoms with Crippen LogP contribution in [0.25, 0.3) is 0 Å². The Morgan fingerprint density at radius 2 is 1.52 bits per heavy atom. The summed E-state index contributed by atoms with van der Waals surface area (Å²) in [5, 5.41) is 9.52. The van der Waals surface area contributed by atoms with Crippen LogP contribution in [0.4, 0.5) is 0 Å². The van der Waals surface area contributed by atoms with Gasteiger partial charge in [0.25, 0.3) is 0 Å². The summed E-state index contributed by atoms with van der Waals surface area (Å²) in [6.45, 7) is 3.89. The van der Waals surface area contributed by atoms with Crippen LogP contribution in [0.5, 0.6) is 0 Å². The van der Waals surface area contributed by atoms with Crippen LogP contribution in [0.15, 0.2) is 55.0 Å². The van der Waals surface area contributed by atoms with Crippen molar-refractivity contribution in [2.24, 2.45) is 5.92 Å². The molecule has 0 aliphatic heterocycles. The number of hydrogen-bond acceptors (Lipinski definition) is 4. The summed E-state index contributed by atoms with van der Waals surface area (Å²) in [6.07, 6.45) is 11.1. The standard InChI is InChI=1S/C25H29N3O/c1-17(24-11-8-21(14-26-24)12-19-4-3-5-19)23-9-6-20(7-10-23)13-22-15-27-25(18(2)29)28-16-22/h6-11,14-19,29H,3-5,12-13H2,1-2H3. The van der Waals surface area contributed by atoms with Gasteiger partial charge in [0.2, 0.25) is 0 Å². The predicted molar refractivity (Wildman–Crippen MR) is 115 cm³/mol. The Bertz CT molecular complexity index is 914. The summed E-state index contributed by atoms with van der Waals surface area (Å²) in [5.74, 6) is 1.61. The molecule has 2 heterocycles. The van der Waals surface area contributed by atoms with Crippen LogP contribution in [0.3, 0.4) is 0 Å². The number of aromatic nitrogens is 3. The Kier molecular flexibility index (Phi) is 6.00. The van der Waals surface area contributed by atoms with Crippen molar-refractivity contribution in [1.29, 1.82) is 0 Å². The van der Waals surface area contributed by atoms with Crippen molar-refractivity contribution in [2.45, 2.75) is 58.0 Å². The van der Waals surface area contributed by atoms with E-state index in [4.69, 9.17) is 4.98 Å². The molecule has 0 radical (unpaired) electrons. The molecule has 4 heteroatoms. The molecule has 2 atom stereocenters. The maximum absolute atomic E-state index is 9.52. The average Bonchev–Trinajstić information content (AvgIpc) is 2.72. The summed E-state index contributed by atoms with van der Waals surface area (Å²) in [4.78, 5) is 13.2. The number of nitrogens with zero attached hydrogens (tertiary/aromatic N) is 3. The van der Waals surface area contributed by atoms with Gasteiger partial charge in [-0.1, -0.05) is 56.5 Å². The molecule has 2 unspecified atom stereocenters. The Morgan fingerprint density at radius 3 is 2.07 bits per heavy atom. The van der Waals surface area contributed by atoms with Crippen molar-refractivity contribution in [3.8, 4) is 0 Å². The third-order valence-corrected chi connectivity index (χ3v) is 6.03. The van der Waals surface area contributed by atoms with Crippen molar-refractivity contribution in [3.63, 3.8) is 0 Å². The van der Waals surface area contributed by atoms with Gasteiger partial charge in [0, 0.05) is 36.6 Å². The molecule has 29 heavy (non-hydrogen) atoms. The summed E-state index contributed by atoms with van der Waals surface area (Å²) in [5.41, 5.74) is 6.02. The molecule has 1 N–H and O–H groups in total. The molecule has 0 amide bonds. The van der Waals surface area contributed by atoms with Crippen LogP contribution in [-0.4, -0.2) is 20.1 Å². The molecule has 4 rings (SSSR count). The molecule has 1 aliphatic carbocycles. The van der Waals surface area contributed by atoms with Gasteiger partial charge in [0.15, 0.2) is 5.82 Å². The zero-order valence-corrected chi connectivity index (χ0v) is 17.3. The maximum Gasteiger partial charge on any atom is 0.156 e. The van der Waals surface area contributed by atoms with E-state index >= 15 is 0 Å². The Hall–Kier alpha value is -2.59. The van der Waals surface area contributed by atoms with Crippen LogP contribution in [0.2, 0.25) is 0 Å². The van der Waals surface area contributed by atoms with Gasteiger partial charge in [-0.05, 0) is 47.6 Å². The minimum absolute atomic E-state index is 0.274. The van der Waals surface area contributed by atoms with E-state index in [1.807, 2.05) is 0 Å². The first-order valence-corrected chi connectivity index (χ1v) is 10.6. The highest BCUT2D eigenvalue weighted by Gasteiger charge is 2.18. The Balaban J connectivity index is 1.38. The minimum Gasteiger partial charge on any atom is -0.385 e. The topological polar surface area (TPSA) is 58.9 Å². The number of aliphatic hydroxyl groups is 1. The molecule has 150 valence electrons. The lowest BCUT2D eigenvalue weighted by Gasteiger charge is -2.25. The number of benzene rings is 1. The van der Waals surface area contributed by atoms with Crippen LogP contribution in [-0.2, 0) is 12.8 Å². The molecule has 1 aliphatic rings. The first-order chi connectivity index (χ1) is 14.1. The number of pyridine rings is 1. The van der Waals surface area contributed by atoms with Crippen molar-refractivity contribution in [3.05, 3.63) is 88.8 Å². The summed E-state index contributed by atoms with van der Waals surface area (Å²) >= 11 is 0. The molecule has 1 fully saturated rings. The van der Waals surface area contributed by atoms with Gasteiger partial charge < -0.3 is 5.11 Å². The fraction of sp³-hybridized carbons (Fsp3) is 0.400. The lowest BCUT2D eigenvalue weighted by molar-refractivity contribution is 0.189. The van der Waals surface area contributed by atoms with Gasteiger partial charge in [-0.3, -0.25) is 4.98 Å². The molecule has 2 aromatic heterocycles. The van der Waals surface area contributed by atoms with E-state index in [9.17, 15) is 5.11 Å². The Labute approximate surface area is 173 Å². The Morgan fingerprint density at radius 1 is 0.862 bits per heavy atom. The highest BCUT2D eigenvalue weighted by Crippen LogP contribution is 2.30. The van der Waals surface area contributed by atoms with Crippen molar-refractivity contribution in [2.75, 3.05) is 0 Å². The molecule has 0 spiro atoms. The van der Waals surface area contributed by atoms with Gasteiger partial charge in [-0.15, -0.1) is 0 Å². The van der Waals surface area contributed by atoms with Gasteiger partial charge in [0.1, 0.15) is 6.10 Å². The van der Waals surface area contributed by atoms with Gasteiger partial charge >= 0.3 is 0 Å². The van der Waals surface area contributed by atoms with Gasteiger partial charge in [0.05, 0.1) is 0 Å². The molecule has 0 bridgehead atoms. The highest BCUT2D eigenvalue weighted by molar-refractivity contribution is 5.33. The molecule has 3 aromatic rings. The van der Waals surface area contributed by atoms with E-state index in [2.05, 4.69) is 59.5 Å². The van der Waals surface area contributed by atoms with Crippen LogP contribution in [0.1, 0.15) is 78.9 Å². The van der Waals surface area contributed by atoms with Crippen LogP contribution >= 0.6 is 0 Å². The second-order valence-electron chi connectivity index (χ2n) is 8.36. The van der Waals surface area contributed by atoms with E-state index in [1.165, 1.54) is 42.4 Å². The minimum atomic E-state index is -0.634. The number of aliphatic hydroxyl groups excluding tert-OH is 1. The van der Waals surface area contributed by atoms with E-state index in [-0.39, 0.29) is 5.92 Å². The third-order valence-electron chi connectivity index (χ3n) is 6.03. The maximum atomic E-state index is 9.52. The molecule has 1 saturated carbocycles. The second-order valence-corrected chi connectivity index (χ2v) is 8.36. The summed E-state index contributed by atoms with van der Waals surface area (Å²) in [7, 11) is 0. The highest BCUT2D eigenvalue weighted by atomic mass is 16.3. The lowest BCUT2D eigenvalue weighted by atomic mass is 9.81. The van der Waals surface area contributed by atoms with Gasteiger partial charge in [-0.25, -0.2) is 9.97 Å². The van der Waals surface area contributed by atoms with E-state index in [0.717, 1.165) is 23.6 Å². The fourth-order valence-corrected chi connectivity index (χ4v) is 3.85. The first kappa shape index (κ1) is 19.7. The van der Waals surface area contributed by atoms with Crippen molar-refractivity contribution < 1.29 is 5.11 Å². The largest absolute Gasteiger partial charge is 0.385 e. The van der Waals surface area contributed by atoms with Gasteiger partial charge in [-0.2, -0.15) is 0 Å². The molecule has 1 aromatic carbocycles. The first-order valence-electron chi connectivity index (χ1n) is 10.6. The van der Waals surface area contributed by atoms with Crippen molar-refractivity contribution >= 4 is 0 Å². The smallest absolute Gasteiger partial charge is 0.156 e. The molecule has 0 saturated heterocycles. The summed E-state index contributed by atoms with van der Waals surface area (Å²) < 4.78 is 0. The van der Waals surface area contributed by atoms with E-state index < -0.39 is 6.10 Å². The van der Waals surface area contributed by atoms with E-state index in [0.29, 0.717) is 5.82 Å². The molecular weight excluding hydrogens is 358 g/mol. The quantitative estimate of drug-likeness (QED) is 0.619. The monoisotopic (exact) mass is 387 g/mol. The average molecular weight is 388 g/mol. The predicted octanol–water partition coefficient (Wildman–Crippen LogP) is 5.01. The number of hydrogen-bond donors (Lipinski definition) is 1. The van der Waals surface area contributed by atoms with E-state index in [1.54, 1.807) is 19.3 Å². The summed E-state index contributed by atoms with van der Waals surface area (Å²) in [6, 6.07) is 13.2. The third kappa shape index (κ3) is 4.88. The van der Waals surface area contributed by atoms with Crippen molar-refractivity contribution in [1.82, 2.24) is 15.0 Å². The molecular formula is C25H29N3O. The number of rotatable bonds is 7.